The van der Waals surface area contributed by atoms with Crippen molar-refractivity contribution in [2.24, 2.45) is 0 Å². The number of nitrogens with zero attached hydrogens (tertiary/aromatic N) is 7. The third-order valence-electron chi connectivity index (χ3n) is 7.31. The molecule has 10 nitrogen and oxygen atoms in total. The SMILES string of the molecule is COc1cc(OC)c(F)c(-c2cc3cnc(-c4cnn(C5CCN(SC)C5)c4)nc3c(N3CCOCC3)n2)c1F. The average Bonchev–Trinajstić information content (AvgIpc) is 3.67. The van der Waals surface area contributed by atoms with Crippen molar-refractivity contribution in [3.05, 3.63) is 42.4 Å². The van der Waals surface area contributed by atoms with Gasteiger partial charge in [0.25, 0.3) is 0 Å². The van der Waals surface area contributed by atoms with E-state index in [4.69, 9.17) is 24.2 Å². The Labute approximate surface area is 234 Å². The standard InChI is InChI=1S/C27H29F2N7O3S/c1-37-20-11-21(38-2)24(29)22(23(20)28)19-10-16-12-30-26(33-25(16)27(32-19)34-6-8-39-9-7-34)17-13-31-36(14-17)18-4-5-35(15-18)40-3/h10-14,18H,4-9,15H2,1-3H3. The van der Waals surface area contributed by atoms with Crippen LogP contribution in [0.3, 0.4) is 0 Å². The van der Waals surface area contributed by atoms with Crippen LogP contribution in [0.4, 0.5) is 14.6 Å². The number of hydrogen-bond acceptors (Lipinski definition) is 10. The highest BCUT2D eigenvalue weighted by molar-refractivity contribution is 7.96. The van der Waals surface area contributed by atoms with E-state index in [9.17, 15) is 0 Å². The minimum Gasteiger partial charge on any atom is -0.494 e. The van der Waals surface area contributed by atoms with E-state index in [1.165, 1.54) is 20.3 Å². The molecule has 0 saturated carbocycles. The molecule has 2 aliphatic heterocycles. The van der Waals surface area contributed by atoms with Crippen molar-refractivity contribution in [1.29, 1.82) is 0 Å². The van der Waals surface area contributed by atoms with Crippen molar-refractivity contribution in [3.63, 3.8) is 0 Å². The fraction of sp³-hybridized carbons (Fsp3) is 0.407. The summed E-state index contributed by atoms with van der Waals surface area (Å²) in [7, 11) is 2.63. The van der Waals surface area contributed by atoms with E-state index < -0.39 is 11.6 Å². The van der Waals surface area contributed by atoms with Gasteiger partial charge in [0.1, 0.15) is 5.52 Å². The second-order valence-electron chi connectivity index (χ2n) is 9.57. The third kappa shape index (κ3) is 4.82. The molecule has 3 aromatic heterocycles. The van der Waals surface area contributed by atoms with Crippen LogP contribution in [0.15, 0.2) is 30.7 Å². The summed E-state index contributed by atoms with van der Waals surface area (Å²) >= 11 is 1.74. The fourth-order valence-corrected chi connectivity index (χ4v) is 5.75. The van der Waals surface area contributed by atoms with Gasteiger partial charge in [-0.2, -0.15) is 5.10 Å². The van der Waals surface area contributed by atoms with Crippen molar-refractivity contribution >= 4 is 28.7 Å². The highest BCUT2D eigenvalue weighted by atomic mass is 32.2. The van der Waals surface area contributed by atoms with Gasteiger partial charge in [-0.3, -0.25) is 4.68 Å². The molecule has 210 valence electrons. The normalized spacial score (nSPS) is 18.0. The van der Waals surface area contributed by atoms with Crippen LogP contribution >= 0.6 is 11.9 Å². The van der Waals surface area contributed by atoms with Crippen LogP contribution in [-0.2, 0) is 4.74 Å². The number of aromatic nitrogens is 5. The number of hydrogen-bond donors (Lipinski definition) is 0. The van der Waals surface area contributed by atoms with Crippen LogP contribution in [0.2, 0.25) is 0 Å². The number of pyridine rings is 1. The van der Waals surface area contributed by atoms with E-state index >= 15 is 8.78 Å². The van der Waals surface area contributed by atoms with Gasteiger partial charge in [0.15, 0.2) is 34.8 Å². The molecule has 2 saturated heterocycles. The Balaban J connectivity index is 1.46. The maximum Gasteiger partial charge on any atom is 0.177 e. The summed E-state index contributed by atoms with van der Waals surface area (Å²) in [5, 5.41) is 5.18. The van der Waals surface area contributed by atoms with Gasteiger partial charge in [-0.05, 0) is 18.7 Å². The molecule has 0 amide bonds. The van der Waals surface area contributed by atoms with Gasteiger partial charge in [-0.25, -0.2) is 28.0 Å². The topological polar surface area (TPSA) is 90.7 Å². The predicted molar refractivity (Wildman–Crippen MR) is 149 cm³/mol. The van der Waals surface area contributed by atoms with Gasteiger partial charge >= 0.3 is 0 Å². The van der Waals surface area contributed by atoms with E-state index in [1.807, 2.05) is 15.8 Å². The predicted octanol–water partition coefficient (Wildman–Crippen LogP) is 4.21. The largest absolute Gasteiger partial charge is 0.494 e. The average molecular weight is 570 g/mol. The first kappa shape index (κ1) is 26.7. The summed E-state index contributed by atoms with van der Waals surface area (Å²) in [5.41, 5.74) is 1.11. The number of methoxy groups -OCH3 is 2. The van der Waals surface area contributed by atoms with E-state index in [1.54, 1.807) is 30.4 Å². The van der Waals surface area contributed by atoms with Crippen molar-refractivity contribution in [2.75, 3.05) is 64.8 Å². The Morgan fingerprint density at radius 3 is 2.42 bits per heavy atom. The monoisotopic (exact) mass is 569 g/mol. The summed E-state index contributed by atoms with van der Waals surface area (Å²) in [6, 6.07) is 3.06. The minimum absolute atomic E-state index is 0.0879. The number of morpholine rings is 1. The number of benzene rings is 1. The van der Waals surface area contributed by atoms with E-state index in [0.717, 1.165) is 25.1 Å². The quantitative estimate of drug-likeness (QED) is 0.302. The second-order valence-corrected chi connectivity index (χ2v) is 10.4. The van der Waals surface area contributed by atoms with Crippen molar-refractivity contribution in [1.82, 2.24) is 29.0 Å². The molecule has 1 atom stereocenters. The molecule has 0 aliphatic carbocycles. The summed E-state index contributed by atoms with van der Waals surface area (Å²) in [4.78, 5) is 16.2. The lowest BCUT2D eigenvalue weighted by Gasteiger charge is -2.29. The lowest BCUT2D eigenvalue weighted by atomic mass is 10.1. The summed E-state index contributed by atoms with van der Waals surface area (Å²) < 4.78 is 51.0. The van der Waals surface area contributed by atoms with Crippen LogP contribution < -0.4 is 14.4 Å². The number of anilines is 1. The van der Waals surface area contributed by atoms with Gasteiger partial charge in [0.05, 0.1) is 56.5 Å². The minimum atomic E-state index is -0.863. The van der Waals surface area contributed by atoms with Gasteiger partial charge < -0.3 is 19.1 Å². The highest BCUT2D eigenvalue weighted by Crippen LogP contribution is 2.39. The Bertz CT molecular complexity index is 1520. The molecule has 0 bridgehead atoms. The summed E-state index contributed by atoms with van der Waals surface area (Å²) in [6.07, 6.45) is 8.50. The molecule has 5 heterocycles. The molecule has 0 radical (unpaired) electrons. The number of rotatable bonds is 7. The summed E-state index contributed by atoms with van der Waals surface area (Å²) in [5.74, 6) is -1.01. The first-order valence-corrected chi connectivity index (χ1v) is 14.1. The number of halogens is 2. The zero-order valence-electron chi connectivity index (χ0n) is 22.4. The van der Waals surface area contributed by atoms with E-state index in [0.29, 0.717) is 54.9 Å². The smallest absolute Gasteiger partial charge is 0.177 e. The van der Waals surface area contributed by atoms with Crippen LogP contribution in [0.25, 0.3) is 33.5 Å². The maximum absolute atomic E-state index is 15.4. The van der Waals surface area contributed by atoms with Crippen molar-refractivity contribution in [2.45, 2.75) is 12.5 Å². The molecule has 6 rings (SSSR count). The Kier molecular flexibility index (Phi) is 7.43. The van der Waals surface area contributed by atoms with Crippen molar-refractivity contribution in [3.8, 4) is 34.1 Å². The Morgan fingerprint density at radius 1 is 1.00 bits per heavy atom. The maximum atomic E-state index is 15.4. The first-order valence-electron chi connectivity index (χ1n) is 12.9. The molecule has 4 aromatic rings. The van der Waals surface area contributed by atoms with Gasteiger partial charge in [-0.1, -0.05) is 11.9 Å². The Hall–Kier alpha value is -3.55. The van der Waals surface area contributed by atoms with Crippen LogP contribution in [-0.4, -0.2) is 88.9 Å². The van der Waals surface area contributed by atoms with Gasteiger partial charge in [0, 0.05) is 50.0 Å². The van der Waals surface area contributed by atoms with Crippen LogP contribution in [0.5, 0.6) is 11.5 Å². The van der Waals surface area contributed by atoms with E-state index in [-0.39, 0.29) is 22.8 Å². The second kappa shape index (κ2) is 11.1. The molecule has 1 unspecified atom stereocenters. The van der Waals surface area contributed by atoms with Crippen LogP contribution in [0, 0.1) is 11.6 Å². The molecular formula is C27H29F2N7O3S. The molecule has 2 aliphatic rings. The lowest BCUT2D eigenvalue weighted by molar-refractivity contribution is 0.122. The zero-order valence-corrected chi connectivity index (χ0v) is 23.2. The third-order valence-corrected chi connectivity index (χ3v) is 8.15. The molecule has 2 fully saturated rings. The van der Waals surface area contributed by atoms with E-state index in [2.05, 4.69) is 20.6 Å². The first-order chi connectivity index (χ1) is 19.5. The zero-order chi connectivity index (χ0) is 27.8. The van der Waals surface area contributed by atoms with Crippen LogP contribution in [0.1, 0.15) is 12.5 Å². The highest BCUT2D eigenvalue weighted by Gasteiger charge is 2.27. The molecule has 0 spiro atoms. The van der Waals surface area contributed by atoms with Gasteiger partial charge in [0.2, 0.25) is 0 Å². The fourth-order valence-electron chi connectivity index (χ4n) is 5.14. The molecular weight excluding hydrogens is 540 g/mol. The molecule has 13 heteroatoms. The summed E-state index contributed by atoms with van der Waals surface area (Å²) in [6.45, 7) is 4.07. The van der Waals surface area contributed by atoms with Gasteiger partial charge in [-0.15, -0.1) is 0 Å². The molecule has 40 heavy (non-hydrogen) atoms. The lowest BCUT2D eigenvalue weighted by Crippen LogP contribution is -2.37. The molecule has 0 N–H and O–H groups in total. The Morgan fingerprint density at radius 2 is 1.75 bits per heavy atom. The van der Waals surface area contributed by atoms with Crippen molar-refractivity contribution < 1.29 is 23.0 Å². The molecule has 1 aromatic carbocycles. The number of ether oxygens (including phenoxy) is 3. The number of fused-ring (bicyclic) bond motifs is 1.